The number of rotatable bonds is 8. The van der Waals surface area contributed by atoms with Crippen molar-refractivity contribution in [2.45, 2.75) is 19.3 Å². The molecule has 0 bridgehead atoms. The summed E-state index contributed by atoms with van der Waals surface area (Å²) in [6.07, 6.45) is 1.75. The van der Waals surface area contributed by atoms with Crippen LogP contribution in [0.4, 0.5) is 0 Å². The van der Waals surface area contributed by atoms with Gasteiger partial charge in [0, 0.05) is 13.0 Å². The zero-order valence-electron chi connectivity index (χ0n) is 13.0. The second-order valence-corrected chi connectivity index (χ2v) is 6.26. The average molecular weight is 349 g/mol. The van der Waals surface area contributed by atoms with Crippen LogP contribution in [0.3, 0.4) is 0 Å². The Bertz CT molecular complexity index is 757. The molecule has 0 unspecified atom stereocenters. The molecule has 6 nitrogen and oxygen atoms in total. The molecule has 0 aliphatic heterocycles. The topological polar surface area (TPSA) is 92.7 Å². The van der Waals surface area contributed by atoms with E-state index in [2.05, 4.69) is 9.50 Å². The normalized spacial score (nSPS) is 11.0. The minimum atomic E-state index is -4.50. The van der Waals surface area contributed by atoms with E-state index in [1.165, 1.54) is 12.1 Å². The van der Waals surface area contributed by atoms with E-state index in [-0.39, 0.29) is 11.7 Å². The molecule has 0 aliphatic carbocycles. The highest BCUT2D eigenvalue weighted by atomic mass is 32.3. The van der Waals surface area contributed by atoms with Gasteiger partial charge in [-0.1, -0.05) is 42.5 Å². The van der Waals surface area contributed by atoms with Gasteiger partial charge in [-0.3, -0.25) is 9.35 Å². The molecule has 128 valence electrons. The van der Waals surface area contributed by atoms with Gasteiger partial charge in [0.2, 0.25) is 5.91 Å². The molecule has 1 amide bonds. The van der Waals surface area contributed by atoms with Crippen molar-refractivity contribution in [2.24, 2.45) is 0 Å². The number of carbonyl (C=O) groups is 1. The lowest BCUT2D eigenvalue weighted by molar-refractivity contribution is -0.121. The molecule has 2 aromatic rings. The van der Waals surface area contributed by atoms with E-state index in [4.69, 9.17) is 4.55 Å². The second kappa shape index (κ2) is 8.47. The average Bonchev–Trinajstić information content (AvgIpc) is 2.54. The van der Waals surface area contributed by atoms with E-state index >= 15 is 0 Å². The van der Waals surface area contributed by atoms with E-state index in [1.807, 2.05) is 30.3 Å². The number of carbonyl (C=O) groups excluding carboxylic acids is 1. The van der Waals surface area contributed by atoms with E-state index in [1.54, 1.807) is 12.1 Å². The highest BCUT2D eigenvalue weighted by Crippen LogP contribution is 2.14. The van der Waals surface area contributed by atoms with Crippen LogP contribution >= 0.6 is 0 Å². The third-order valence-corrected chi connectivity index (χ3v) is 3.75. The highest BCUT2D eigenvalue weighted by Gasteiger charge is 2.06. The second-order valence-electron chi connectivity index (χ2n) is 5.24. The Morgan fingerprint density at radius 3 is 2.21 bits per heavy atom. The maximum absolute atomic E-state index is 11.8. The summed E-state index contributed by atoms with van der Waals surface area (Å²) in [6.45, 7) is 0.492. The van der Waals surface area contributed by atoms with Gasteiger partial charge in [-0.25, -0.2) is 0 Å². The lowest BCUT2D eigenvalue weighted by Crippen LogP contribution is -2.25. The summed E-state index contributed by atoms with van der Waals surface area (Å²) < 4.78 is 34.1. The van der Waals surface area contributed by atoms with Crippen LogP contribution in [0.15, 0.2) is 54.6 Å². The minimum absolute atomic E-state index is 0.00909. The molecule has 0 fully saturated rings. The van der Waals surface area contributed by atoms with Crippen molar-refractivity contribution in [1.82, 2.24) is 5.32 Å². The van der Waals surface area contributed by atoms with Crippen LogP contribution in [-0.2, 0) is 28.0 Å². The van der Waals surface area contributed by atoms with Crippen LogP contribution in [-0.4, -0.2) is 25.4 Å². The molecule has 0 heterocycles. The molecule has 2 rings (SSSR count). The smallest absolute Gasteiger partial charge is 0.362 e. The minimum Gasteiger partial charge on any atom is -0.362 e. The first kappa shape index (κ1) is 18.0. The number of amides is 1. The molecular weight excluding hydrogens is 330 g/mol. The predicted molar refractivity (Wildman–Crippen MR) is 90.1 cm³/mol. The van der Waals surface area contributed by atoms with E-state index in [0.717, 1.165) is 11.1 Å². The standard InChI is InChI=1S/C17H19NO5S/c19-17(11-8-14-4-2-1-3-5-14)18-13-12-15-6-9-16(10-7-15)23-24(20,21)22/h1-7,9-10H,8,11-13H2,(H,18,19)(H,20,21,22). The molecule has 0 aliphatic rings. The van der Waals surface area contributed by atoms with Crippen molar-refractivity contribution in [3.63, 3.8) is 0 Å². The summed E-state index contributed by atoms with van der Waals surface area (Å²) in [5.74, 6) is 0.0262. The van der Waals surface area contributed by atoms with Crippen LogP contribution in [0.5, 0.6) is 5.75 Å². The van der Waals surface area contributed by atoms with Gasteiger partial charge in [-0.05, 0) is 36.1 Å². The van der Waals surface area contributed by atoms with E-state index in [9.17, 15) is 13.2 Å². The molecule has 7 heteroatoms. The first-order chi connectivity index (χ1) is 11.4. The Hall–Kier alpha value is -2.38. The summed E-state index contributed by atoms with van der Waals surface area (Å²) in [5.41, 5.74) is 2.04. The first-order valence-electron chi connectivity index (χ1n) is 7.49. The Labute approximate surface area is 141 Å². The van der Waals surface area contributed by atoms with Gasteiger partial charge in [0.05, 0.1) is 0 Å². The largest absolute Gasteiger partial charge is 0.446 e. The van der Waals surface area contributed by atoms with E-state index in [0.29, 0.717) is 25.8 Å². The summed E-state index contributed by atoms with van der Waals surface area (Å²) in [7, 11) is -4.50. The molecule has 2 aromatic carbocycles. The van der Waals surface area contributed by atoms with Crippen molar-refractivity contribution in [3.05, 3.63) is 65.7 Å². The molecule has 0 aromatic heterocycles. The number of nitrogens with one attached hydrogen (secondary N) is 1. The van der Waals surface area contributed by atoms with Gasteiger partial charge in [0.1, 0.15) is 5.75 Å². The highest BCUT2D eigenvalue weighted by molar-refractivity contribution is 7.81. The van der Waals surface area contributed by atoms with Gasteiger partial charge >= 0.3 is 10.4 Å². The summed E-state index contributed by atoms with van der Waals surface area (Å²) in [5, 5.41) is 2.85. The summed E-state index contributed by atoms with van der Waals surface area (Å²) in [6, 6.07) is 16.1. The van der Waals surface area contributed by atoms with Crippen LogP contribution in [0.2, 0.25) is 0 Å². The van der Waals surface area contributed by atoms with Crippen LogP contribution < -0.4 is 9.50 Å². The molecule has 24 heavy (non-hydrogen) atoms. The Morgan fingerprint density at radius 2 is 1.58 bits per heavy atom. The monoisotopic (exact) mass is 349 g/mol. The predicted octanol–water partition coefficient (Wildman–Crippen LogP) is 2.16. The van der Waals surface area contributed by atoms with E-state index < -0.39 is 10.4 Å². The van der Waals surface area contributed by atoms with Crippen molar-refractivity contribution in [2.75, 3.05) is 6.54 Å². The first-order valence-corrected chi connectivity index (χ1v) is 8.85. The van der Waals surface area contributed by atoms with Crippen molar-refractivity contribution < 1.29 is 21.9 Å². The molecule has 0 saturated heterocycles. The fourth-order valence-electron chi connectivity index (χ4n) is 2.17. The van der Waals surface area contributed by atoms with Gasteiger partial charge in [0.15, 0.2) is 0 Å². The molecular formula is C17H19NO5S. The van der Waals surface area contributed by atoms with Crippen molar-refractivity contribution in [1.29, 1.82) is 0 Å². The molecule has 2 N–H and O–H groups in total. The maximum atomic E-state index is 11.8. The van der Waals surface area contributed by atoms with Crippen molar-refractivity contribution in [3.8, 4) is 5.75 Å². The number of hydrogen-bond donors (Lipinski definition) is 2. The van der Waals surface area contributed by atoms with Crippen LogP contribution in [0, 0.1) is 0 Å². The van der Waals surface area contributed by atoms with Gasteiger partial charge < -0.3 is 9.50 Å². The third-order valence-electron chi connectivity index (χ3n) is 3.34. The zero-order chi connectivity index (χ0) is 17.4. The SMILES string of the molecule is O=C(CCc1ccccc1)NCCc1ccc(OS(=O)(=O)O)cc1. The molecule has 0 saturated carbocycles. The number of benzene rings is 2. The lowest BCUT2D eigenvalue weighted by Gasteiger charge is -2.06. The Kier molecular flexibility index (Phi) is 6.34. The molecule has 0 spiro atoms. The summed E-state index contributed by atoms with van der Waals surface area (Å²) >= 11 is 0. The fraction of sp³-hybridized carbons (Fsp3) is 0.235. The zero-order valence-corrected chi connectivity index (χ0v) is 13.8. The Balaban J connectivity index is 1.70. The number of hydrogen-bond acceptors (Lipinski definition) is 4. The maximum Gasteiger partial charge on any atom is 0.446 e. The lowest BCUT2D eigenvalue weighted by atomic mass is 10.1. The summed E-state index contributed by atoms with van der Waals surface area (Å²) in [4.78, 5) is 11.8. The molecule has 0 radical (unpaired) electrons. The van der Waals surface area contributed by atoms with Gasteiger partial charge in [-0.15, -0.1) is 0 Å². The number of aryl methyl sites for hydroxylation is 1. The molecule has 0 atom stereocenters. The Morgan fingerprint density at radius 1 is 0.958 bits per heavy atom. The van der Waals surface area contributed by atoms with Gasteiger partial charge in [0.25, 0.3) is 0 Å². The van der Waals surface area contributed by atoms with Crippen LogP contribution in [0.25, 0.3) is 0 Å². The van der Waals surface area contributed by atoms with Gasteiger partial charge in [-0.2, -0.15) is 8.42 Å². The fourth-order valence-corrected chi connectivity index (χ4v) is 2.52. The van der Waals surface area contributed by atoms with Crippen molar-refractivity contribution >= 4 is 16.3 Å². The quantitative estimate of drug-likeness (QED) is 0.713. The van der Waals surface area contributed by atoms with Crippen LogP contribution in [0.1, 0.15) is 17.5 Å². The third kappa shape index (κ3) is 6.80.